The largest absolute Gasteiger partial charge is 0.489 e. The van der Waals surface area contributed by atoms with Gasteiger partial charge in [-0.2, -0.15) is 5.26 Å². The summed E-state index contributed by atoms with van der Waals surface area (Å²) >= 11 is 6.91. The molecule has 2 aromatic carbocycles. The fourth-order valence-corrected chi connectivity index (χ4v) is 6.69. The van der Waals surface area contributed by atoms with Gasteiger partial charge in [0.15, 0.2) is 0 Å². The van der Waals surface area contributed by atoms with Gasteiger partial charge in [0, 0.05) is 55.2 Å². The Kier molecular flexibility index (Phi) is 13.0. The summed E-state index contributed by atoms with van der Waals surface area (Å²) in [6.07, 6.45) is 13.3. The molecule has 1 amide bonds. The third-order valence-electron chi connectivity index (χ3n) is 9.30. The van der Waals surface area contributed by atoms with Crippen LogP contribution >= 0.6 is 11.6 Å². The van der Waals surface area contributed by atoms with Crippen molar-refractivity contribution in [1.82, 2.24) is 15.2 Å². The van der Waals surface area contributed by atoms with Crippen LogP contribution in [0.1, 0.15) is 54.9 Å². The highest BCUT2D eigenvalue weighted by molar-refractivity contribution is 6.32. The molecule has 0 spiro atoms. The number of carbonyl (C=O) groups excluding carboxylic acids is 1. The number of allylic oxidation sites excluding steroid dienone is 2. The zero-order valence-electron chi connectivity index (χ0n) is 28.7. The number of hydrogen-bond acceptors (Lipinski definition) is 8. The van der Waals surface area contributed by atoms with Gasteiger partial charge in [0.2, 0.25) is 5.91 Å². The van der Waals surface area contributed by atoms with E-state index in [4.69, 9.17) is 25.8 Å². The van der Waals surface area contributed by atoms with Crippen molar-refractivity contribution in [2.75, 3.05) is 26.3 Å². The van der Waals surface area contributed by atoms with E-state index in [1.54, 1.807) is 24.4 Å². The van der Waals surface area contributed by atoms with Gasteiger partial charge in [0.25, 0.3) is 0 Å². The van der Waals surface area contributed by atoms with Gasteiger partial charge in [-0.05, 0) is 61.2 Å². The molecule has 2 unspecified atom stereocenters. The zero-order chi connectivity index (χ0) is 36.2. The van der Waals surface area contributed by atoms with Crippen LogP contribution in [-0.4, -0.2) is 64.8 Å². The lowest BCUT2D eigenvalue weighted by Gasteiger charge is -2.40. The molecule has 1 fully saturated rings. The summed E-state index contributed by atoms with van der Waals surface area (Å²) < 4.78 is 19.5. The summed E-state index contributed by atoms with van der Waals surface area (Å²) in [5.74, 6) is -0.345. The second-order valence-corrected chi connectivity index (χ2v) is 13.1. The summed E-state index contributed by atoms with van der Waals surface area (Å²) in [7, 11) is 0. The summed E-state index contributed by atoms with van der Waals surface area (Å²) in [4.78, 5) is 29.9. The van der Waals surface area contributed by atoms with Crippen molar-refractivity contribution in [3.63, 3.8) is 0 Å². The molecular weight excluding hydrogens is 668 g/mol. The lowest BCUT2D eigenvalue weighted by Crippen LogP contribution is -2.45. The molecule has 11 heteroatoms. The van der Waals surface area contributed by atoms with E-state index in [0.29, 0.717) is 66.7 Å². The van der Waals surface area contributed by atoms with Crippen LogP contribution < -0.4 is 14.8 Å². The number of halogens is 1. The number of aromatic nitrogens is 1. The fraction of sp³-hybridized carbons (Fsp3) is 0.350. The minimum absolute atomic E-state index is 0.117. The predicted molar refractivity (Wildman–Crippen MR) is 195 cm³/mol. The van der Waals surface area contributed by atoms with Crippen LogP contribution in [0.25, 0.3) is 5.57 Å². The monoisotopic (exact) mass is 710 g/mol. The quantitative estimate of drug-likeness (QED) is 0.122. The van der Waals surface area contributed by atoms with Crippen LogP contribution in [0.2, 0.25) is 5.02 Å². The highest BCUT2D eigenvalue weighted by atomic mass is 35.5. The number of hydrogen-bond donors (Lipinski definition) is 2. The first-order chi connectivity index (χ1) is 24.7. The summed E-state index contributed by atoms with van der Waals surface area (Å²) in [5, 5.41) is 22.4. The third kappa shape index (κ3) is 9.64. The number of rotatable bonds is 16. The average Bonchev–Trinajstić information content (AvgIpc) is 3.15. The predicted octanol–water partition coefficient (Wildman–Crippen LogP) is 6.74. The van der Waals surface area contributed by atoms with Gasteiger partial charge in [-0.25, -0.2) is 0 Å². The van der Waals surface area contributed by atoms with Crippen molar-refractivity contribution in [2.45, 2.75) is 57.4 Å². The maximum atomic E-state index is 12.1. The van der Waals surface area contributed by atoms with Crippen LogP contribution in [0.5, 0.6) is 11.5 Å². The Bertz CT molecular complexity index is 1810. The van der Waals surface area contributed by atoms with E-state index in [1.807, 2.05) is 35.3 Å². The van der Waals surface area contributed by atoms with Crippen molar-refractivity contribution in [3.8, 4) is 17.6 Å². The molecule has 1 aliphatic carbocycles. The van der Waals surface area contributed by atoms with Crippen molar-refractivity contribution >= 4 is 29.1 Å². The van der Waals surface area contributed by atoms with E-state index >= 15 is 0 Å². The van der Waals surface area contributed by atoms with Gasteiger partial charge in [-0.1, -0.05) is 74.0 Å². The number of nitrogens with zero attached hydrogens (tertiary/aromatic N) is 3. The molecular formula is C40H43ClN4O6. The number of piperidine rings is 1. The second kappa shape index (κ2) is 17.8. The number of ether oxygens (including phenoxy) is 3. The van der Waals surface area contributed by atoms with E-state index in [0.717, 1.165) is 29.5 Å². The summed E-state index contributed by atoms with van der Waals surface area (Å²) in [6, 6.07) is 16.8. The number of carboxylic acid groups (broad SMARTS) is 1. The van der Waals surface area contributed by atoms with Gasteiger partial charge in [-0.3, -0.25) is 19.5 Å². The molecule has 1 aromatic heterocycles. The Hall–Kier alpha value is -4.95. The van der Waals surface area contributed by atoms with Gasteiger partial charge >= 0.3 is 5.97 Å². The van der Waals surface area contributed by atoms with Gasteiger partial charge < -0.3 is 24.6 Å². The van der Waals surface area contributed by atoms with Crippen LogP contribution in [0, 0.1) is 17.2 Å². The van der Waals surface area contributed by atoms with Crippen LogP contribution in [-0.2, 0) is 27.5 Å². The number of benzene rings is 2. The number of amides is 1. The SMILES string of the molecule is C=CC(=O)NCCCOC1(COc2cc(OCc3cncc(C#N)c3)c(CN3CCCC[C@H]3C(=O)O)cc2Cl)C=CC=C(c2ccccc2)C1C. The number of carbonyl (C=O) groups is 2. The molecule has 3 atom stereocenters. The van der Waals surface area contributed by atoms with Crippen molar-refractivity contribution in [2.24, 2.45) is 5.92 Å². The van der Waals surface area contributed by atoms with E-state index < -0.39 is 17.6 Å². The number of aliphatic carboxylic acids is 1. The minimum atomic E-state index is -0.878. The molecule has 1 saturated heterocycles. The summed E-state index contributed by atoms with van der Waals surface area (Å²) in [5.41, 5.74) is 3.13. The molecule has 0 saturated carbocycles. The highest BCUT2D eigenvalue weighted by Gasteiger charge is 2.40. The van der Waals surface area contributed by atoms with E-state index in [1.165, 1.54) is 12.3 Å². The van der Waals surface area contributed by atoms with E-state index in [9.17, 15) is 20.0 Å². The Morgan fingerprint density at radius 1 is 1.18 bits per heavy atom. The first kappa shape index (κ1) is 37.3. The molecule has 266 valence electrons. The van der Waals surface area contributed by atoms with Gasteiger partial charge in [-0.15, -0.1) is 0 Å². The van der Waals surface area contributed by atoms with Crippen molar-refractivity contribution in [3.05, 3.63) is 119 Å². The average molecular weight is 711 g/mol. The molecule has 0 bridgehead atoms. The molecule has 5 rings (SSSR count). The smallest absolute Gasteiger partial charge is 0.320 e. The molecule has 1 aliphatic heterocycles. The summed E-state index contributed by atoms with van der Waals surface area (Å²) in [6.45, 7) is 7.60. The van der Waals surface area contributed by atoms with Crippen molar-refractivity contribution < 1.29 is 28.9 Å². The second-order valence-electron chi connectivity index (χ2n) is 12.7. The third-order valence-corrected chi connectivity index (χ3v) is 9.59. The normalized spacial score (nSPS) is 20.1. The van der Waals surface area contributed by atoms with Crippen LogP contribution in [0.4, 0.5) is 0 Å². The molecule has 3 aromatic rings. The number of nitrogens with one attached hydrogen (secondary N) is 1. The highest BCUT2D eigenvalue weighted by Crippen LogP contribution is 2.41. The minimum Gasteiger partial charge on any atom is -0.489 e. The lowest BCUT2D eigenvalue weighted by molar-refractivity contribution is -0.144. The molecule has 51 heavy (non-hydrogen) atoms. The number of nitriles is 1. The van der Waals surface area contributed by atoms with Gasteiger partial charge in [0.1, 0.15) is 42.4 Å². The molecule has 2 N–H and O–H groups in total. The molecule has 2 aliphatic rings. The van der Waals surface area contributed by atoms with Crippen LogP contribution in [0.15, 0.2) is 91.8 Å². The first-order valence-corrected chi connectivity index (χ1v) is 17.5. The Labute approximate surface area is 304 Å². The maximum absolute atomic E-state index is 12.1. The van der Waals surface area contributed by atoms with E-state index in [2.05, 4.69) is 48.1 Å². The van der Waals surface area contributed by atoms with E-state index in [-0.39, 0.29) is 25.0 Å². The number of likely N-dealkylation sites (tertiary alicyclic amines) is 1. The van der Waals surface area contributed by atoms with Crippen molar-refractivity contribution in [1.29, 1.82) is 5.26 Å². The Balaban J connectivity index is 1.42. The molecule has 10 nitrogen and oxygen atoms in total. The Morgan fingerprint density at radius 2 is 2.00 bits per heavy atom. The van der Waals surface area contributed by atoms with Crippen LogP contribution in [0.3, 0.4) is 0 Å². The standard InChI is InChI=1S/C40H43ClN4O6/c1-3-38(46)44-16-10-18-51-40(15-9-13-33(28(40)2)31-11-5-4-6-12-31)27-50-37-21-36(49-26-30-19-29(22-42)23-43-24-30)32(20-34(37)41)25-45-17-8-7-14-35(45)39(47)48/h3-6,9,11-13,15,19-21,23-24,28,35H,1,7-8,10,14,16-18,25-27H2,2H3,(H,44,46)(H,47,48)/t28?,35-,40?/m0/s1. The fourth-order valence-electron chi connectivity index (χ4n) is 6.45. The van der Waals surface area contributed by atoms with Gasteiger partial charge in [0.05, 0.1) is 10.6 Å². The maximum Gasteiger partial charge on any atom is 0.320 e. The molecule has 0 radical (unpaired) electrons. The number of carboxylic acids is 1. The first-order valence-electron chi connectivity index (χ1n) is 17.1. The lowest BCUT2D eigenvalue weighted by atomic mass is 9.77. The topological polar surface area (TPSA) is 134 Å². The molecule has 2 heterocycles. The zero-order valence-corrected chi connectivity index (χ0v) is 29.5. The number of pyridine rings is 1. The Morgan fingerprint density at radius 3 is 2.76 bits per heavy atom.